The Morgan fingerprint density at radius 1 is 1.10 bits per heavy atom. The van der Waals surface area contributed by atoms with Gasteiger partial charge in [0.25, 0.3) is 5.91 Å². The average molecular weight is 405 g/mol. The number of halogens is 3. The number of amides is 1. The predicted molar refractivity (Wildman–Crippen MR) is 105 cm³/mol. The summed E-state index contributed by atoms with van der Waals surface area (Å²) in [6, 6.07) is 12.1. The van der Waals surface area contributed by atoms with Crippen LogP contribution in [0.4, 0.5) is 18.9 Å². The Morgan fingerprint density at radius 2 is 1.76 bits per heavy atom. The molecule has 1 fully saturated rings. The number of hydrazone groups is 1. The van der Waals surface area contributed by atoms with Crippen molar-refractivity contribution in [1.82, 2.24) is 4.90 Å². The number of likely N-dealkylation sites (tertiary alicyclic amines) is 1. The third-order valence-electron chi connectivity index (χ3n) is 4.67. The first-order valence-electron chi connectivity index (χ1n) is 9.32. The lowest BCUT2D eigenvalue weighted by atomic mass is 10.1. The van der Waals surface area contributed by atoms with E-state index in [0.717, 1.165) is 37.6 Å². The highest BCUT2D eigenvalue weighted by molar-refractivity contribution is 5.99. The summed E-state index contributed by atoms with van der Waals surface area (Å²) in [7, 11) is 0. The molecule has 1 heterocycles. The highest BCUT2D eigenvalue weighted by Gasteiger charge is 2.33. The number of alkyl halides is 3. The van der Waals surface area contributed by atoms with Gasteiger partial charge in [-0.05, 0) is 61.7 Å². The van der Waals surface area contributed by atoms with Gasteiger partial charge in [0.2, 0.25) is 0 Å². The molecule has 0 atom stereocenters. The zero-order valence-corrected chi connectivity index (χ0v) is 16.0. The van der Waals surface area contributed by atoms with Gasteiger partial charge in [-0.3, -0.25) is 10.2 Å². The van der Waals surface area contributed by atoms with Crippen LogP contribution in [-0.4, -0.2) is 36.2 Å². The summed E-state index contributed by atoms with van der Waals surface area (Å²) in [5.74, 6) is 0.515. The summed E-state index contributed by atoms with van der Waals surface area (Å²) in [4.78, 5) is 13.8. The van der Waals surface area contributed by atoms with Gasteiger partial charge in [0, 0.05) is 13.1 Å². The number of anilines is 1. The molecule has 1 aliphatic rings. The Labute approximate surface area is 167 Å². The normalized spacial score (nSPS) is 14.8. The summed E-state index contributed by atoms with van der Waals surface area (Å²) in [6.45, 7) is 3.24. The second-order valence-corrected chi connectivity index (χ2v) is 6.75. The van der Waals surface area contributed by atoms with Crippen LogP contribution in [-0.2, 0) is 11.0 Å². The first-order valence-corrected chi connectivity index (χ1v) is 9.32. The van der Waals surface area contributed by atoms with Crippen LogP contribution in [0.15, 0.2) is 53.6 Å². The molecular formula is C21H22F3N3O2. The van der Waals surface area contributed by atoms with E-state index in [2.05, 4.69) is 10.5 Å². The van der Waals surface area contributed by atoms with Crippen LogP contribution in [0.3, 0.4) is 0 Å². The van der Waals surface area contributed by atoms with E-state index in [1.165, 1.54) is 18.2 Å². The van der Waals surface area contributed by atoms with Gasteiger partial charge in [0.05, 0.1) is 17.0 Å². The number of carbonyl (C=O) groups is 1. The van der Waals surface area contributed by atoms with Gasteiger partial charge in [-0.2, -0.15) is 18.3 Å². The minimum absolute atomic E-state index is 0.0117. The van der Waals surface area contributed by atoms with Crippen molar-refractivity contribution in [2.75, 3.05) is 25.1 Å². The van der Waals surface area contributed by atoms with E-state index >= 15 is 0 Å². The molecule has 1 aliphatic heterocycles. The second kappa shape index (κ2) is 8.98. The van der Waals surface area contributed by atoms with Crippen molar-refractivity contribution >= 4 is 17.3 Å². The van der Waals surface area contributed by atoms with Crippen LogP contribution in [0.1, 0.15) is 30.9 Å². The number of para-hydroxylation sites is 1. The summed E-state index contributed by atoms with van der Waals surface area (Å²) in [5.41, 5.74) is 2.84. The molecule has 1 saturated heterocycles. The minimum atomic E-state index is -4.46. The molecule has 0 aliphatic carbocycles. The lowest BCUT2D eigenvalue weighted by molar-refractivity contribution is -0.137. The molecule has 2 aromatic carbocycles. The van der Waals surface area contributed by atoms with E-state index in [-0.39, 0.29) is 18.2 Å². The molecule has 0 spiro atoms. The topological polar surface area (TPSA) is 53.9 Å². The van der Waals surface area contributed by atoms with Crippen LogP contribution in [0.2, 0.25) is 0 Å². The highest BCUT2D eigenvalue weighted by Crippen LogP contribution is 2.34. The zero-order chi connectivity index (χ0) is 20.9. The monoisotopic (exact) mass is 405 g/mol. The molecule has 3 rings (SSSR count). The highest BCUT2D eigenvalue weighted by atomic mass is 19.4. The van der Waals surface area contributed by atoms with Crippen molar-refractivity contribution in [3.8, 4) is 5.75 Å². The third kappa shape index (κ3) is 5.49. The first kappa shape index (κ1) is 20.7. The Kier molecular flexibility index (Phi) is 6.41. The van der Waals surface area contributed by atoms with Crippen LogP contribution < -0.4 is 10.2 Å². The number of carbonyl (C=O) groups excluding carboxylic acids is 1. The van der Waals surface area contributed by atoms with E-state index in [4.69, 9.17) is 4.74 Å². The maximum absolute atomic E-state index is 13.0. The van der Waals surface area contributed by atoms with Gasteiger partial charge in [0.15, 0.2) is 6.61 Å². The number of hydrogen-bond acceptors (Lipinski definition) is 4. The number of benzene rings is 2. The molecule has 0 saturated carbocycles. The zero-order valence-electron chi connectivity index (χ0n) is 16.0. The summed E-state index contributed by atoms with van der Waals surface area (Å²) < 4.78 is 44.6. The van der Waals surface area contributed by atoms with Gasteiger partial charge in [-0.25, -0.2) is 0 Å². The smallest absolute Gasteiger partial charge is 0.418 e. The molecule has 0 unspecified atom stereocenters. The Balaban J connectivity index is 1.60. The number of rotatable bonds is 6. The minimum Gasteiger partial charge on any atom is -0.484 e. The standard InChI is InChI=1S/C21H22F3N3O2/c1-15(25-26-19-7-3-2-6-18(19)21(22,23)24)16-8-10-17(11-9-16)29-14-20(28)27-12-4-5-13-27/h2-3,6-11,26H,4-5,12-14H2,1H3/b25-15+. The maximum Gasteiger partial charge on any atom is 0.418 e. The maximum atomic E-state index is 13.0. The first-order chi connectivity index (χ1) is 13.8. The van der Waals surface area contributed by atoms with Gasteiger partial charge in [-0.15, -0.1) is 0 Å². The fraction of sp³-hybridized carbons (Fsp3) is 0.333. The van der Waals surface area contributed by atoms with Crippen molar-refractivity contribution in [3.05, 3.63) is 59.7 Å². The lowest BCUT2D eigenvalue weighted by Gasteiger charge is -2.15. The van der Waals surface area contributed by atoms with E-state index in [9.17, 15) is 18.0 Å². The van der Waals surface area contributed by atoms with Crippen molar-refractivity contribution in [2.45, 2.75) is 25.9 Å². The Hall–Kier alpha value is -3.03. The largest absolute Gasteiger partial charge is 0.484 e. The van der Waals surface area contributed by atoms with Crippen molar-refractivity contribution in [3.63, 3.8) is 0 Å². The van der Waals surface area contributed by atoms with Crippen LogP contribution in [0.5, 0.6) is 5.75 Å². The van der Waals surface area contributed by atoms with E-state index < -0.39 is 11.7 Å². The number of nitrogens with zero attached hydrogens (tertiary/aromatic N) is 2. The van der Waals surface area contributed by atoms with Gasteiger partial charge >= 0.3 is 6.18 Å². The summed E-state index contributed by atoms with van der Waals surface area (Å²) in [5, 5.41) is 4.06. The molecule has 29 heavy (non-hydrogen) atoms. The fourth-order valence-corrected chi connectivity index (χ4v) is 3.03. The van der Waals surface area contributed by atoms with E-state index in [0.29, 0.717) is 11.5 Å². The Bertz CT molecular complexity index is 873. The van der Waals surface area contributed by atoms with E-state index in [1.54, 1.807) is 36.1 Å². The summed E-state index contributed by atoms with van der Waals surface area (Å²) in [6.07, 6.45) is -2.40. The van der Waals surface area contributed by atoms with Crippen molar-refractivity contribution < 1.29 is 22.7 Å². The number of ether oxygens (including phenoxy) is 1. The van der Waals surface area contributed by atoms with Gasteiger partial charge < -0.3 is 9.64 Å². The molecule has 1 amide bonds. The van der Waals surface area contributed by atoms with Crippen LogP contribution in [0, 0.1) is 0 Å². The van der Waals surface area contributed by atoms with Gasteiger partial charge in [0.1, 0.15) is 5.75 Å². The van der Waals surface area contributed by atoms with Crippen LogP contribution >= 0.6 is 0 Å². The molecule has 8 heteroatoms. The van der Waals surface area contributed by atoms with Gasteiger partial charge in [-0.1, -0.05) is 12.1 Å². The molecular weight excluding hydrogens is 383 g/mol. The van der Waals surface area contributed by atoms with Crippen molar-refractivity contribution in [1.29, 1.82) is 0 Å². The van der Waals surface area contributed by atoms with E-state index in [1.807, 2.05) is 0 Å². The van der Waals surface area contributed by atoms with Crippen LogP contribution in [0.25, 0.3) is 0 Å². The number of nitrogens with one attached hydrogen (secondary N) is 1. The lowest BCUT2D eigenvalue weighted by Crippen LogP contribution is -2.32. The fourth-order valence-electron chi connectivity index (χ4n) is 3.03. The molecule has 0 bridgehead atoms. The van der Waals surface area contributed by atoms with Crippen molar-refractivity contribution in [2.24, 2.45) is 5.10 Å². The summed E-state index contributed by atoms with van der Waals surface area (Å²) >= 11 is 0. The quantitative estimate of drug-likeness (QED) is 0.567. The molecule has 2 aromatic rings. The molecule has 0 aromatic heterocycles. The molecule has 5 nitrogen and oxygen atoms in total. The molecule has 154 valence electrons. The predicted octanol–water partition coefficient (Wildman–Crippen LogP) is 4.54. The number of hydrogen-bond donors (Lipinski definition) is 1. The Morgan fingerprint density at radius 3 is 2.41 bits per heavy atom. The molecule has 0 radical (unpaired) electrons. The SMILES string of the molecule is C/C(=N\Nc1ccccc1C(F)(F)F)c1ccc(OCC(=O)N2CCCC2)cc1. The molecule has 1 N–H and O–H groups in total. The average Bonchev–Trinajstić information content (AvgIpc) is 3.25. The third-order valence-corrected chi connectivity index (χ3v) is 4.67. The second-order valence-electron chi connectivity index (χ2n) is 6.75.